The van der Waals surface area contributed by atoms with Crippen LogP contribution in [-0.4, -0.2) is 29.0 Å². The lowest BCUT2D eigenvalue weighted by atomic mass is 9.98. The minimum atomic E-state index is -0.846. The van der Waals surface area contributed by atoms with Crippen LogP contribution in [0.1, 0.15) is 36.2 Å². The van der Waals surface area contributed by atoms with Crippen LogP contribution in [0.3, 0.4) is 0 Å². The van der Waals surface area contributed by atoms with Crippen molar-refractivity contribution in [3.63, 3.8) is 0 Å². The van der Waals surface area contributed by atoms with Crippen LogP contribution in [0.5, 0.6) is 5.75 Å². The zero-order valence-electron chi connectivity index (χ0n) is 16.0. The summed E-state index contributed by atoms with van der Waals surface area (Å²) in [6, 6.07) is 10.9. The number of non-ortho nitro benzene ring substituents is 1. The Bertz CT molecular complexity index is 914. The number of hydrogen-bond acceptors (Lipinski definition) is 6. The number of benzene rings is 2. The summed E-state index contributed by atoms with van der Waals surface area (Å²) in [6.45, 7) is 3.70. The zero-order chi connectivity index (χ0) is 21.4. The van der Waals surface area contributed by atoms with E-state index in [9.17, 15) is 24.8 Å². The van der Waals surface area contributed by atoms with Gasteiger partial charge in [0.2, 0.25) is 0 Å². The Labute approximate surface area is 167 Å². The van der Waals surface area contributed by atoms with Gasteiger partial charge in [-0.2, -0.15) is 5.10 Å². The normalized spacial score (nSPS) is 12.9. The van der Waals surface area contributed by atoms with Gasteiger partial charge in [0, 0.05) is 17.7 Å². The van der Waals surface area contributed by atoms with Gasteiger partial charge in [-0.25, -0.2) is 5.43 Å². The van der Waals surface area contributed by atoms with Crippen LogP contribution in [-0.2, 0) is 4.79 Å². The number of hydrazone groups is 1. The smallest absolute Gasteiger partial charge is 0.270 e. The second kappa shape index (κ2) is 9.98. The summed E-state index contributed by atoms with van der Waals surface area (Å²) in [7, 11) is 0. The summed E-state index contributed by atoms with van der Waals surface area (Å²) in [5.41, 5.74) is 2.41. The lowest BCUT2D eigenvalue weighted by Crippen LogP contribution is -2.49. The molecule has 0 aliphatic rings. The van der Waals surface area contributed by atoms with E-state index in [4.69, 9.17) is 0 Å². The van der Waals surface area contributed by atoms with Crippen molar-refractivity contribution in [1.82, 2.24) is 10.7 Å². The van der Waals surface area contributed by atoms with Crippen molar-refractivity contribution >= 4 is 23.7 Å². The number of nitrogens with one attached hydrogen (secondary N) is 2. The van der Waals surface area contributed by atoms with Crippen LogP contribution in [0, 0.1) is 16.0 Å². The first kappa shape index (κ1) is 21.5. The molecule has 2 aromatic rings. The molecule has 2 aromatic carbocycles. The van der Waals surface area contributed by atoms with Crippen molar-refractivity contribution in [3.05, 3.63) is 69.8 Å². The van der Waals surface area contributed by atoms with Gasteiger partial charge in [0.15, 0.2) is 0 Å². The van der Waals surface area contributed by atoms with Crippen molar-refractivity contribution in [2.75, 3.05) is 0 Å². The minimum absolute atomic E-state index is 0.0343. The Morgan fingerprint density at radius 1 is 1.21 bits per heavy atom. The van der Waals surface area contributed by atoms with E-state index >= 15 is 0 Å². The number of rotatable bonds is 8. The van der Waals surface area contributed by atoms with Crippen LogP contribution < -0.4 is 15.8 Å². The first-order chi connectivity index (χ1) is 13.8. The predicted molar refractivity (Wildman–Crippen MR) is 105 cm³/mol. The molecule has 9 heteroatoms. The summed E-state index contributed by atoms with van der Waals surface area (Å²) in [6.07, 6.45) is 1.67. The number of carbonyl (C=O) groups excluding carboxylic acids is 2. The third kappa shape index (κ3) is 5.86. The maximum absolute atomic E-state index is 12.5. The monoisotopic (exact) mass is 397 g/mol. The van der Waals surface area contributed by atoms with E-state index < -0.39 is 28.5 Å². The second-order valence-corrected chi connectivity index (χ2v) is 6.42. The van der Waals surface area contributed by atoms with E-state index in [0.717, 1.165) is 24.4 Å². The molecule has 152 valence electrons. The third-order valence-electron chi connectivity index (χ3n) is 4.40. The van der Waals surface area contributed by atoms with Gasteiger partial charge in [0.1, 0.15) is 6.04 Å². The lowest BCUT2D eigenvalue weighted by Gasteiger charge is -2.22. The van der Waals surface area contributed by atoms with Gasteiger partial charge in [-0.05, 0) is 23.6 Å². The van der Waals surface area contributed by atoms with Gasteiger partial charge in [-0.15, -0.1) is 0 Å². The highest BCUT2D eigenvalue weighted by Gasteiger charge is 2.26. The standard InChI is InChI=1S/C20H22N4O5/c1-3-13(2)18(22-19(26)14-7-5-4-6-8-14)20(27)23-21-12-15-11-16(24(28)29)9-10-17(15)25/h4-13,18,25H,3H2,1-2H3,(H,22,26)(H,23,27)/p-1/b21-12-/t13-,18-/m0/s1. The number of amides is 2. The average molecular weight is 397 g/mol. The Morgan fingerprint density at radius 2 is 1.90 bits per heavy atom. The fourth-order valence-electron chi connectivity index (χ4n) is 2.50. The summed E-state index contributed by atoms with van der Waals surface area (Å²) in [5.74, 6) is -1.59. The van der Waals surface area contributed by atoms with Gasteiger partial charge in [0.25, 0.3) is 17.5 Å². The Kier molecular flexibility index (Phi) is 7.41. The molecule has 2 atom stereocenters. The van der Waals surface area contributed by atoms with E-state index in [-0.39, 0.29) is 17.2 Å². The SMILES string of the molecule is CC[C@H](C)[C@H](NC(=O)c1ccccc1)C(=O)N/N=C\c1cc([N+](=O)[O-])ccc1[O-]. The minimum Gasteiger partial charge on any atom is -0.872 e. The van der Waals surface area contributed by atoms with Crippen LogP contribution in [0.25, 0.3) is 0 Å². The number of carbonyl (C=O) groups is 2. The van der Waals surface area contributed by atoms with E-state index in [2.05, 4.69) is 15.8 Å². The molecular weight excluding hydrogens is 376 g/mol. The van der Waals surface area contributed by atoms with Gasteiger partial charge in [-0.1, -0.05) is 50.3 Å². The Hall–Kier alpha value is -3.75. The number of nitro benzene ring substituents is 1. The largest absolute Gasteiger partial charge is 0.872 e. The molecule has 0 spiro atoms. The maximum Gasteiger partial charge on any atom is 0.270 e. The van der Waals surface area contributed by atoms with Crippen molar-refractivity contribution < 1.29 is 19.6 Å². The quantitative estimate of drug-likeness (QED) is 0.398. The van der Waals surface area contributed by atoms with Crippen molar-refractivity contribution in [2.24, 2.45) is 11.0 Å². The molecule has 2 amide bonds. The van der Waals surface area contributed by atoms with E-state index in [1.165, 1.54) is 0 Å². The van der Waals surface area contributed by atoms with E-state index in [0.29, 0.717) is 12.0 Å². The molecule has 0 bridgehead atoms. The van der Waals surface area contributed by atoms with E-state index in [1.807, 2.05) is 13.8 Å². The van der Waals surface area contributed by atoms with Crippen LogP contribution in [0.4, 0.5) is 5.69 Å². The average Bonchev–Trinajstić information content (AvgIpc) is 2.72. The van der Waals surface area contributed by atoms with Gasteiger partial charge in [-0.3, -0.25) is 19.7 Å². The number of nitrogens with zero attached hydrogens (tertiary/aromatic N) is 2. The molecule has 0 fully saturated rings. The van der Waals surface area contributed by atoms with Gasteiger partial charge < -0.3 is 10.4 Å². The third-order valence-corrected chi connectivity index (χ3v) is 4.40. The van der Waals surface area contributed by atoms with Crippen LogP contribution in [0.15, 0.2) is 53.6 Å². The zero-order valence-corrected chi connectivity index (χ0v) is 16.0. The molecule has 0 aliphatic heterocycles. The second-order valence-electron chi connectivity index (χ2n) is 6.42. The summed E-state index contributed by atoms with van der Waals surface area (Å²) < 4.78 is 0. The summed E-state index contributed by atoms with van der Waals surface area (Å²) in [4.78, 5) is 35.1. The van der Waals surface area contributed by atoms with Crippen LogP contribution in [0.2, 0.25) is 0 Å². The molecule has 2 N–H and O–H groups in total. The Morgan fingerprint density at radius 3 is 2.52 bits per heavy atom. The lowest BCUT2D eigenvalue weighted by molar-refractivity contribution is -0.385. The molecule has 0 heterocycles. The topological polar surface area (TPSA) is 137 Å². The van der Waals surface area contributed by atoms with Crippen molar-refractivity contribution in [3.8, 4) is 5.75 Å². The first-order valence-corrected chi connectivity index (χ1v) is 8.97. The maximum atomic E-state index is 12.5. The summed E-state index contributed by atoms with van der Waals surface area (Å²) in [5, 5.41) is 29.0. The van der Waals surface area contributed by atoms with Crippen molar-refractivity contribution in [2.45, 2.75) is 26.3 Å². The molecule has 9 nitrogen and oxygen atoms in total. The van der Waals surface area contributed by atoms with Gasteiger partial charge >= 0.3 is 0 Å². The molecule has 0 saturated carbocycles. The summed E-state index contributed by atoms with van der Waals surface area (Å²) >= 11 is 0. The molecule has 0 radical (unpaired) electrons. The molecule has 0 unspecified atom stereocenters. The molecule has 0 saturated heterocycles. The van der Waals surface area contributed by atoms with Crippen molar-refractivity contribution in [1.29, 1.82) is 0 Å². The molecule has 0 aromatic heterocycles. The molecule has 0 aliphatic carbocycles. The highest BCUT2D eigenvalue weighted by molar-refractivity contribution is 5.97. The fourth-order valence-corrected chi connectivity index (χ4v) is 2.50. The number of nitro groups is 1. The first-order valence-electron chi connectivity index (χ1n) is 8.97. The highest BCUT2D eigenvalue weighted by Crippen LogP contribution is 2.19. The molecule has 29 heavy (non-hydrogen) atoms. The molecular formula is C20H21N4O5-. The Balaban J connectivity index is 2.10. The predicted octanol–water partition coefficient (Wildman–Crippen LogP) is 1.96. The van der Waals surface area contributed by atoms with Gasteiger partial charge in [0.05, 0.1) is 11.1 Å². The number of hydrogen-bond donors (Lipinski definition) is 2. The van der Waals surface area contributed by atoms with E-state index in [1.54, 1.807) is 30.3 Å². The van der Waals surface area contributed by atoms with Crippen LogP contribution >= 0.6 is 0 Å². The molecule has 2 rings (SSSR count). The highest BCUT2D eigenvalue weighted by atomic mass is 16.6. The fraction of sp³-hybridized carbons (Fsp3) is 0.250.